The summed E-state index contributed by atoms with van der Waals surface area (Å²) >= 11 is 5.61. The molecule has 0 aliphatic rings. The maximum absolute atomic E-state index is 12.0. The van der Waals surface area contributed by atoms with Gasteiger partial charge < -0.3 is 4.57 Å². The van der Waals surface area contributed by atoms with Crippen LogP contribution >= 0.6 is 11.6 Å². The minimum absolute atomic E-state index is 0.0299. The average Bonchev–Trinajstić information content (AvgIpc) is 2.80. The van der Waals surface area contributed by atoms with Gasteiger partial charge in [-0.2, -0.15) is 5.10 Å². The smallest absolute Gasteiger partial charge is 0.276 e. The van der Waals surface area contributed by atoms with Crippen molar-refractivity contribution < 1.29 is 0 Å². The molecule has 0 bridgehead atoms. The number of hydrogen-bond acceptors (Lipinski definition) is 2. The van der Waals surface area contributed by atoms with E-state index in [2.05, 4.69) is 5.10 Å². The van der Waals surface area contributed by atoms with Gasteiger partial charge in [0.05, 0.1) is 6.20 Å². The molecule has 2 aromatic heterocycles. The highest BCUT2D eigenvalue weighted by atomic mass is 35.5. The molecule has 0 fully saturated rings. The van der Waals surface area contributed by atoms with E-state index in [1.165, 1.54) is 0 Å². The van der Waals surface area contributed by atoms with Crippen LogP contribution in [0.2, 0.25) is 0 Å². The second kappa shape index (κ2) is 5.87. The summed E-state index contributed by atoms with van der Waals surface area (Å²) in [7, 11) is 0. The zero-order valence-electron chi connectivity index (χ0n) is 9.68. The normalized spacial score (nSPS) is 11.1. The molecule has 17 heavy (non-hydrogen) atoms. The molecule has 0 aliphatic carbocycles. The standard InChI is InChI=1S/C12H16ClN3O/c13-6-3-1-2-4-8-15-9-10-16-11(12(15)17)5-7-14-16/h5,7,9-10H,1-4,6,8H2. The number of alkyl halides is 1. The molecule has 0 aliphatic heterocycles. The first-order chi connectivity index (χ1) is 8.33. The van der Waals surface area contributed by atoms with Crippen LogP contribution < -0.4 is 5.56 Å². The predicted molar refractivity (Wildman–Crippen MR) is 68.6 cm³/mol. The first-order valence-corrected chi connectivity index (χ1v) is 6.45. The molecular formula is C12H16ClN3O. The van der Waals surface area contributed by atoms with Crippen LogP contribution in [0.4, 0.5) is 0 Å². The number of hydrogen-bond donors (Lipinski definition) is 0. The molecule has 0 atom stereocenters. The van der Waals surface area contributed by atoms with Gasteiger partial charge in [-0.1, -0.05) is 12.8 Å². The van der Waals surface area contributed by atoms with Gasteiger partial charge >= 0.3 is 0 Å². The summed E-state index contributed by atoms with van der Waals surface area (Å²) in [5.41, 5.74) is 0.663. The molecule has 2 heterocycles. The quantitative estimate of drug-likeness (QED) is 0.585. The van der Waals surface area contributed by atoms with E-state index in [0.717, 1.165) is 38.1 Å². The van der Waals surface area contributed by atoms with Gasteiger partial charge in [0.25, 0.3) is 5.56 Å². The summed E-state index contributed by atoms with van der Waals surface area (Å²) in [6, 6.07) is 1.74. The minimum atomic E-state index is 0.0299. The minimum Gasteiger partial charge on any atom is -0.312 e. The van der Waals surface area contributed by atoms with Crippen molar-refractivity contribution in [3.63, 3.8) is 0 Å². The Morgan fingerprint density at radius 3 is 2.82 bits per heavy atom. The van der Waals surface area contributed by atoms with Crippen molar-refractivity contribution in [3.8, 4) is 0 Å². The first kappa shape index (κ1) is 12.2. The van der Waals surface area contributed by atoms with Crippen molar-refractivity contribution in [1.29, 1.82) is 0 Å². The molecule has 0 N–H and O–H groups in total. The Labute approximate surface area is 105 Å². The van der Waals surface area contributed by atoms with E-state index >= 15 is 0 Å². The van der Waals surface area contributed by atoms with Crippen molar-refractivity contribution in [2.45, 2.75) is 32.2 Å². The molecule has 5 heteroatoms. The van der Waals surface area contributed by atoms with E-state index in [-0.39, 0.29) is 5.56 Å². The molecule has 2 aromatic rings. The van der Waals surface area contributed by atoms with Crippen molar-refractivity contribution in [1.82, 2.24) is 14.2 Å². The third-order valence-electron chi connectivity index (χ3n) is 2.82. The molecule has 0 saturated heterocycles. The molecule has 4 nitrogen and oxygen atoms in total. The highest BCUT2D eigenvalue weighted by molar-refractivity contribution is 6.17. The van der Waals surface area contributed by atoms with Crippen LogP contribution in [0, 0.1) is 0 Å². The van der Waals surface area contributed by atoms with Crippen LogP contribution in [0.1, 0.15) is 25.7 Å². The Morgan fingerprint density at radius 1 is 1.18 bits per heavy atom. The monoisotopic (exact) mass is 253 g/mol. The fourth-order valence-corrected chi connectivity index (χ4v) is 2.06. The van der Waals surface area contributed by atoms with Gasteiger partial charge in [-0.15, -0.1) is 11.6 Å². The zero-order chi connectivity index (χ0) is 12.1. The van der Waals surface area contributed by atoms with Crippen LogP contribution in [0.15, 0.2) is 29.5 Å². The lowest BCUT2D eigenvalue weighted by atomic mass is 10.2. The third-order valence-corrected chi connectivity index (χ3v) is 3.09. The molecule has 2 rings (SSSR count). The molecule has 0 radical (unpaired) electrons. The summed E-state index contributed by atoms with van der Waals surface area (Å²) in [5.74, 6) is 0.724. The van der Waals surface area contributed by atoms with Crippen LogP contribution in [-0.2, 0) is 6.54 Å². The largest absolute Gasteiger partial charge is 0.312 e. The molecule has 0 unspecified atom stereocenters. The van der Waals surface area contributed by atoms with E-state index in [1.807, 2.05) is 6.20 Å². The maximum Gasteiger partial charge on any atom is 0.276 e. The number of unbranched alkanes of at least 4 members (excludes halogenated alkanes) is 3. The van der Waals surface area contributed by atoms with Crippen molar-refractivity contribution in [2.75, 3.05) is 5.88 Å². The fourth-order valence-electron chi connectivity index (χ4n) is 1.87. The summed E-state index contributed by atoms with van der Waals surface area (Å²) in [6.07, 6.45) is 9.57. The van der Waals surface area contributed by atoms with Crippen molar-refractivity contribution in [3.05, 3.63) is 35.0 Å². The van der Waals surface area contributed by atoms with Gasteiger partial charge in [0.2, 0.25) is 0 Å². The van der Waals surface area contributed by atoms with Crippen LogP contribution in [0.3, 0.4) is 0 Å². The highest BCUT2D eigenvalue weighted by Gasteiger charge is 2.02. The molecule has 92 valence electrons. The van der Waals surface area contributed by atoms with E-state index in [9.17, 15) is 4.79 Å². The summed E-state index contributed by atoms with van der Waals surface area (Å²) in [5, 5.41) is 4.03. The lowest BCUT2D eigenvalue weighted by Crippen LogP contribution is -2.21. The van der Waals surface area contributed by atoms with E-state index in [4.69, 9.17) is 11.6 Å². The molecule has 0 spiro atoms. The Kier molecular flexibility index (Phi) is 4.20. The number of fused-ring (bicyclic) bond motifs is 1. The molecular weight excluding hydrogens is 238 g/mol. The predicted octanol–water partition coefficient (Wildman–Crippen LogP) is 2.30. The van der Waals surface area contributed by atoms with E-state index in [0.29, 0.717) is 5.52 Å². The van der Waals surface area contributed by atoms with Crippen LogP contribution in [-0.4, -0.2) is 20.1 Å². The van der Waals surface area contributed by atoms with Gasteiger partial charge in [-0.3, -0.25) is 4.79 Å². The second-order valence-corrected chi connectivity index (χ2v) is 4.44. The molecule has 0 saturated carbocycles. The van der Waals surface area contributed by atoms with E-state index in [1.54, 1.807) is 27.5 Å². The third kappa shape index (κ3) is 2.88. The van der Waals surface area contributed by atoms with Crippen molar-refractivity contribution >= 4 is 17.1 Å². The lowest BCUT2D eigenvalue weighted by molar-refractivity contribution is 0.569. The van der Waals surface area contributed by atoms with Gasteiger partial charge in [0.15, 0.2) is 0 Å². The van der Waals surface area contributed by atoms with Crippen LogP contribution in [0.25, 0.3) is 5.52 Å². The summed E-state index contributed by atoms with van der Waals surface area (Å²) < 4.78 is 3.35. The number of rotatable bonds is 6. The summed E-state index contributed by atoms with van der Waals surface area (Å²) in [6.45, 7) is 0.767. The SMILES string of the molecule is O=c1c2ccnn2ccn1CCCCCCCl. The van der Waals surface area contributed by atoms with E-state index < -0.39 is 0 Å². The Morgan fingerprint density at radius 2 is 2.00 bits per heavy atom. The first-order valence-electron chi connectivity index (χ1n) is 5.91. The molecule has 0 aromatic carbocycles. The van der Waals surface area contributed by atoms with Gasteiger partial charge in [-0.25, -0.2) is 4.52 Å². The van der Waals surface area contributed by atoms with Gasteiger partial charge in [0, 0.05) is 24.8 Å². The fraction of sp³-hybridized carbons (Fsp3) is 0.500. The van der Waals surface area contributed by atoms with Gasteiger partial charge in [0.1, 0.15) is 5.52 Å². The number of aromatic nitrogens is 3. The molecule has 0 amide bonds. The number of nitrogens with zero attached hydrogens (tertiary/aromatic N) is 3. The lowest BCUT2D eigenvalue weighted by Gasteiger charge is -2.05. The highest BCUT2D eigenvalue weighted by Crippen LogP contribution is 2.03. The van der Waals surface area contributed by atoms with Crippen molar-refractivity contribution in [2.24, 2.45) is 0 Å². The Hall–Kier alpha value is -1.29. The summed E-state index contributed by atoms with van der Waals surface area (Å²) in [4.78, 5) is 12.0. The van der Waals surface area contributed by atoms with Crippen LogP contribution in [0.5, 0.6) is 0 Å². The van der Waals surface area contributed by atoms with Gasteiger partial charge in [-0.05, 0) is 18.9 Å². The average molecular weight is 254 g/mol. The maximum atomic E-state index is 12.0. The topological polar surface area (TPSA) is 39.3 Å². The number of halogens is 1. The zero-order valence-corrected chi connectivity index (χ0v) is 10.4. The Balaban J connectivity index is 1.99. The number of aryl methyl sites for hydroxylation is 1. The Bertz CT molecular complexity index is 532. The second-order valence-electron chi connectivity index (χ2n) is 4.06.